The molecule has 0 fully saturated rings. The molecule has 4 nitrogen and oxygen atoms in total. The van der Waals surface area contributed by atoms with E-state index in [-0.39, 0.29) is 12.4 Å². The normalized spacial score (nSPS) is 11.0. The Morgan fingerprint density at radius 3 is 2.34 bits per heavy atom. The predicted molar refractivity (Wildman–Crippen MR) is 122 cm³/mol. The van der Waals surface area contributed by atoms with Crippen LogP contribution in [0.25, 0.3) is 29.0 Å². The highest BCUT2D eigenvalue weighted by molar-refractivity contribution is 5.85. The molecule has 2 heterocycles. The molecule has 0 N–H and O–H groups in total. The van der Waals surface area contributed by atoms with Gasteiger partial charge in [-0.25, -0.2) is 9.97 Å². The Morgan fingerprint density at radius 1 is 0.897 bits per heavy atom. The maximum Gasteiger partial charge on any atom is 0.138 e. The van der Waals surface area contributed by atoms with Crippen LogP contribution in [0.2, 0.25) is 0 Å². The van der Waals surface area contributed by atoms with Gasteiger partial charge in [0.25, 0.3) is 0 Å². The van der Waals surface area contributed by atoms with Gasteiger partial charge in [0.1, 0.15) is 17.9 Å². The number of nitrogens with zero attached hydrogens (tertiary/aromatic N) is 3. The first kappa shape index (κ1) is 20.6. The SMILES string of the molecule is CCOc1ccc(-n2cnc3cc(/C=C\c4ccc(CC)cc4)ccc32)nc1.Cl. The molecule has 0 unspecified atom stereocenters. The molecular weight excluding hydrogens is 382 g/mol. The van der Waals surface area contributed by atoms with E-state index in [2.05, 4.69) is 71.5 Å². The van der Waals surface area contributed by atoms with Gasteiger partial charge >= 0.3 is 0 Å². The van der Waals surface area contributed by atoms with Crippen LogP contribution < -0.4 is 4.74 Å². The average Bonchev–Trinajstić information content (AvgIpc) is 3.17. The van der Waals surface area contributed by atoms with Gasteiger partial charge in [-0.15, -0.1) is 12.4 Å². The molecular formula is C24H24ClN3O. The molecule has 0 saturated carbocycles. The maximum atomic E-state index is 5.46. The summed E-state index contributed by atoms with van der Waals surface area (Å²) in [5.74, 6) is 1.60. The van der Waals surface area contributed by atoms with Crippen LogP contribution in [0.3, 0.4) is 0 Å². The number of hydrogen-bond donors (Lipinski definition) is 0. The Kier molecular flexibility index (Phi) is 6.68. The third kappa shape index (κ3) is 4.66. The van der Waals surface area contributed by atoms with Gasteiger partial charge in [-0.05, 0) is 54.3 Å². The molecule has 0 aliphatic carbocycles. The van der Waals surface area contributed by atoms with Gasteiger partial charge < -0.3 is 4.74 Å². The number of imidazole rings is 1. The summed E-state index contributed by atoms with van der Waals surface area (Å²) >= 11 is 0. The largest absolute Gasteiger partial charge is 0.492 e. The van der Waals surface area contributed by atoms with Crippen LogP contribution in [0.5, 0.6) is 5.75 Å². The first-order chi connectivity index (χ1) is 13.8. The van der Waals surface area contributed by atoms with E-state index in [0.29, 0.717) is 6.61 Å². The Hall–Kier alpha value is -3.11. The van der Waals surface area contributed by atoms with Gasteiger partial charge in [-0.1, -0.05) is 49.4 Å². The second-order valence-electron chi connectivity index (χ2n) is 6.58. The molecule has 2 aromatic carbocycles. The molecule has 29 heavy (non-hydrogen) atoms. The zero-order chi connectivity index (χ0) is 19.3. The Labute approximate surface area is 177 Å². The quantitative estimate of drug-likeness (QED) is 0.371. The van der Waals surface area contributed by atoms with E-state index in [4.69, 9.17) is 4.74 Å². The van der Waals surface area contributed by atoms with Crippen LogP contribution in [0, 0.1) is 0 Å². The standard InChI is InChI=1S/C24H23N3O.ClH/c1-3-18-5-7-19(8-6-18)9-10-20-11-13-23-22(15-20)26-17-27(23)24-14-12-21(16-25-24)28-4-2;/h5-17H,3-4H2,1-2H3;1H/b10-9-;. The third-order valence-electron chi connectivity index (χ3n) is 4.71. The van der Waals surface area contributed by atoms with E-state index >= 15 is 0 Å². The number of aromatic nitrogens is 3. The summed E-state index contributed by atoms with van der Waals surface area (Å²) in [7, 11) is 0. The highest BCUT2D eigenvalue weighted by atomic mass is 35.5. The van der Waals surface area contributed by atoms with Crippen LogP contribution in [0.15, 0.2) is 67.1 Å². The summed E-state index contributed by atoms with van der Waals surface area (Å²) in [5, 5.41) is 0. The van der Waals surface area contributed by atoms with E-state index in [0.717, 1.165) is 34.6 Å². The molecule has 0 spiro atoms. The van der Waals surface area contributed by atoms with Crippen molar-refractivity contribution in [3.05, 3.63) is 83.8 Å². The van der Waals surface area contributed by atoms with Gasteiger partial charge in [-0.2, -0.15) is 0 Å². The molecule has 0 aliphatic heterocycles. The zero-order valence-corrected chi connectivity index (χ0v) is 17.4. The topological polar surface area (TPSA) is 39.9 Å². The lowest BCUT2D eigenvalue weighted by atomic mass is 10.1. The van der Waals surface area contributed by atoms with Crippen molar-refractivity contribution in [1.29, 1.82) is 0 Å². The smallest absolute Gasteiger partial charge is 0.138 e. The second kappa shape index (κ2) is 9.39. The lowest BCUT2D eigenvalue weighted by Crippen LogP contribution is -1.97. The summed E-state index contributed by atoms with van der Waals surface area (Å²) in [6.07, 6.45) is 8.86. The predicted octanol–water partition coefficient (Wildman–Crippen LogP) is 5.97. The monoisotopic (exact) mass is 405 g/mol. The number of pyridine rings is 1. The minimum atomic E-state index is 0. The van der Waals surface area contributed by atoms with Crippen LogP contribution in [-0.4, -0.2) is 21.1 Å². The number of rotatable bonds is 6. The van der Waals surface area contributed by atoms with E-state index in [1.807, 2.05) is 30.0 Å². The first-order valence-electron chi connectivity index (χ1n) is 9.60. The van der Waals surface area contributed by atoms with Crippen LogP contribution in [0.1, 0.15) is 30.5 Å². The van der Waals surface area contributed by atoms with Crippen molar-refractivity contribution >= 4 is 35.6 Å². The lowest BCUT2D eigenvalue weighted by Gasteiger charge is -2.06. The molecule has 2 aromatic heterocycles. The molecule has 0 atom stereocenters. The summed E-state index contributed by atoms with van der Waals surface area (Å²) in [6, 6.07) is 18.8. The van der Waals surface area contributed by atoms with E-state index in [1.54, 1.807) is 6.20 Å². The van der Waals surface area contributed by atoms with Crippen LogP contribution in [0.4, 0.5) is 0 Å². The average molecular weight is 406 g/mol. The molecule has 148 valence electrons. The van der Waals surface area contributed by atoms with Crippen LogP contribution >= 0.6 is 12.4 Å². The highest BCUT2D eigenvalue weighted by Crippen LogP contribution is 2.21. The minimum Gasteiger partial charge on any atom is -0.492 e. The Balaban J connectivity index is 0.00000240. The second-order valence-corrected chi connectivity index (χ2v) is 6.58. The van der Waals surface area contributed by atoms with Crippen LogP contribution in [-0.2, 0) is 6.42 Å². The summed E-state index contributed by atoms with van der Waals surface area (Å²) < 4.78 is 7.45. The highest BCUT2D eigenvalue weighted by Gasteiger charge is 2.06. The molecule has 5 heteroatoms. The van der Waals surface area contributed by atoms with Crippen molar-refractivity contribution in [2.75, 3.05) is 6.61 Å². The van der Waals surface area contributed by atoms with Gasteiger partial charge in [0, 0.05) is 0 Å². The van der Waals surface area contributed by atoms with E-state index < -0.39 is 0 Å². The maximum absolute atomic E-state index is 5.46. The van der Waals surface area contributed by atoms with Crippen molar-refractivity contribution < 1.29 is 4.74 Å². The van der Waals surface area contributed by atoms with E-state index in [1.165, 1.54) is 11.1 Å². The molecule has 0 aliphatic rings. The first-order valence-corrected chi connectivity index (χ1v) is 9.60. The van der Waals surface area contributed by atoms with Crippen molar-refractivity contribution in [3.63, 3.8) is 0 Å². The summed E-state index contributed by atoms with van der Waals surface area (Å²) in [4.78, 5) is 9.04. The lowest BCUT2D eigenvalue weighted by molar-refractivity contribution is 0.339. The molecule has 4 rings (SSSR count). The fourth-order valence-electron chi connectivity index (χ4n) is 3.14. The summed E-state index contributed by atoms with van der Waals surface area (Å²) in [5.41, 5.74) is 5.64. The number of halogens is 1. The molecule has 0 amide bonds. The molecule has 4 aromatic rings. The fraction of sp³-hybridized carbons (Fsp3) is 0.167. The van der Waals surface area contributed by atoms with E-state index in [9.17, 15) is 0 Å². The van der Waals surface area contributed by atoms with Gasteiger partial charge in [0.05, 0.1) is 23.8 Å². The number of ether oxygens (including phenoxy) is 1. The van der Waals surface area contributed by atoms with Crippen molar-refractivity contribution in [2.45, 2.75) is 20.3 Å². The number of benzene rings is 2. The van der Waals surface area contributed by atoms with Crippen molar-refractivity contribution in [3.8, 4) is 11.6 Å². The molecule has 0 radical (unpaired) electrons. The Bertz CT molecular complexity index is 1100. The minimum absolute atomic E-state index is 0. The zero-order valence-electron chi connectivity index (χ0n) is 16.6. The van der Waals surface area contributed by atoms with Crippen molar-refractivity contribution in [2.24, 2.45) is 0 Å². The van der Waals surface area contributed by atoms with Crippen molar-refractivity contribution in [1.82, 2.24) is 14.5 Å². The molecule has 0 saturated heterocycles. The summed E-state index contributed by atoms with van der Waals surface area (Å²) in [6.45, 7) is 4.76. The number of fused-ring (bicyclic) bond motifs is 1. The third-order valence-corrected chi connectivity index (χ3v) is 4.71. The van der Waals surface area contributed by atoms with Gasteiger partial charge in [0.15, 0.2) is 0 Å². The fourth-order valence-corrected chi connectivity index (χ4v) is 3.14. The number of aryl methyl sites for hydroxylation is 1. The molecule has 0 bridgehead atoms. The number of hydrogen-bond acceptors (Lipinski definition) is 3. The van der Waals surface area contributed by atoms with Gasteiger partial charge in [-0.3, -0.25) is 4.57 Å². The van der Waals surface area contributed by atoms with Gasteiger partial charge in [0.2, 0.25) is 0 Å². The Morgan fingerprint density at radius 2 is 1.66 bits per heavy atom.